The molecule has 4 heteroatoms. The van der Waals surface area contributed by atoms with Gasteiger partial charge in [0.15, 0.2) is 0 Å². The molecular formula is C16H30N2O2. The molecule has 0 aromatic heterocycles. The first-order chi connectivity index (χ1) is 9.61. The third-order valence-electron chi connectivity index (χ3n) is 4.15. The second-order valence-electron chi connectivity index (χ2n) is 6.70. The normalized spacial score (nSPS) is 26.8. The molecule has 0 aromatic rings. The molecule has 1 saturated heterocycles. The van der Waals surface area contributed by atoms with Gasteiger partial charge in [0.05, 0.1) is 18.8 Å². The molecule has 4 nitrogen and oxygen atoms in total. The number of ether oxygens (including phenoxy) is 1. The first kappa shape index (κ1) is 15.8. The van der Waals surface area contributed by atoms with Crippen molar-refractivity contribution in [3.63, 3.8) is 0 Å². The fourth-order valence-electron chi connectivity index (χ4n) is 2.85. The van der Waals surface area contributed by atoms with Gasteiger partial charge in [0, 0.05) is 13.2 Å². The van der Waals surface area contributed by atoms with Crippen LogP contribution in [0, 0.1) is 11.8 Å². The van der Waals surface area contributed by atoms with Crippen LogP contribution in [0.2, 0.25) is 0 Å². The average molecular weight is 282 g/mol. The molecule has 0 aromatic carbocycles. The van der Waals surface area contributed by atoms with Crippen molar-refractivity contribution in [1.29, 1.82) is 0 Å². The van der Waals surface area contributed by atoms with Crippen molar-refractivity contribution in [2.24, 2.45) is 11.8 Å². The lowest BCUT2D eigenvalue weighted by Crippen LogP contribution is -2.40. The molecule has 2 rings (SSSR count). The number of rotatable bonds is 9. The molecule has 0 radical (unpaired) electrons. The number of hydrogen-bond donors (Lipinski definition) is 1. The van der Waals surface area contributed by atoms with Crippen LogP contribution in [0.1, 0.15) is 52.9 Å². The van der Waals surface area contributed by atoms with Crippen LogP contribution < -0.4 is 5.32 Å². The van der Waals surface area contributed by atoms with E-state index in [1.54, 1.807) is 0 Å². The summed E-state index contributed by atoms with van der Waals surface area (Å²) in [6, 6.07) is 0.0205. The maximum atomic E-state index is 12.4. The predicted octanol–water partition coefficient (Wildman–Crippen LogP) is 2.39. The molecule has 1 amide bonds. The Kier molecular flexibility index (Phi) is 5.85. The van der Waals surface area contributed by atoms with E-state index in [0.29, 0.717) is 12.5 Å². The van der Waals surface area contributed by atoms with Crippen molar-refractivity contribution < 1.29 is 9.53 Å². The van der Waals surface area contributed by atoms with E-state index in [1.165, 1.54) is 12.8 Å². The summed E-state index contributed by atoms with van der Waals surface area (Å²) in [6.45, 7) is 8.84. The van der Waals surface area contributed by atoms with E-state index in [1.807, 2.05) is 4.90 Å². The fraction of sp³-hybridized carbons (Fsp3) is 0.938. The van der Waals surface area contributed by atoms with Crippen LogP contribution >= 0.6 is 0 Å². The second-order valence-corrected chi connectivity index (χ2v) is 6.70. The Balaban J connectivity index is 1.81. The Morgan fingerprint density at radius 2 is 2.15 bits per heavy atom. The molecule has 2 fully saturated rings. The fourth-order valence-corrected chi connectivity index (χ4v) is 2.85. The smallest absolute Gasteiger partial charge is 0.241 e. The summed E-state index contributed by atoms with van der Waals surface area (Å²) < 4.78 is 5.69. The Morgan fingerprint density at radius 3 is 2.75 bits per heavy atom. The van der Waals surface area contributed by atoms with Gasteiger partial charge in [-0.05, 0) is 37.5 Å². The predicted molar refractivity (Wildman–Crippen MR) is 80.3 cm³/mol. The molecule has 1 aliphatic heterocycles. The van der Waals surface area contributed by atoms with Gasteiger partial charge >= 0.3 is 0 Å². The van der Waals surface area contributed by atoms with E-state index in [0.717, 1.165) is 38.3 Å². The number of carbonyl (C=O) groups is 1. The Labute approximate surface area is 123 Å². The second kappa shape index (κ2) is 7.41. The molecule has 1 heterocycles. The van der Waals surface area contributed by atoms with E-state index < -0.39 is 0 Å². The molecule has 0 spiro atoms. The lowest BCUT2D eigenvalue weighted by Gasteiger charge is -2.25. The monoisotopic (exact) mass is 282 g/mol. The van der Waals surface area contributed by atoms with Gasteiger partial charge in [-0.15, -0.1) is 0 Å². The molecule has 1 aliphatic carbocycles. The van der Waals surface area contributed by atoms with Gasteiger partial charge in [0.25, 0.3) is 0 Å². The maximum absolute atomic E-state index is 12.4. The summed E-state index contributed by atoms with van der Waals surface area (Å²) in [4.78, 5) is 14.4. The first-order valence-electron chi connectivity index (χ1n) is 8.26. The molecule has 20 heavy (non-hydrogen) atoms. The minimum absolute atomic E-state index is 0.0205. The topological polar surface area (TPSA) is 41.6 Å². The van der Waals surface area contributed by atoms with E-state index in [4.69, 9.17) is 4.74 Å². The van der Waals surface area contributed by atoms with E-state index in [9.17, 15) is 4.79 Å². The van der Waals surface area contributed by atoms with E-state index in [-0.39, 0.29) is 18.1 Å². The summed E-state index contributed by atoms with van der Waals surface area (Å²) in [5.74, 6) is 1.66. The van der Waals surface area contributed by atoms with Gasteiger partial charge in [-0.2, -0.15) is 0 Å². The van der Waals surface area contributed by atoms with Crippen LogP contribution in [0.3, 0.4) is 0 Å². The molecule has 2 atom stereocenters. The molecule has 1 N–H and O–H groups in total. The van der Waals surface area contributed by atoms with Crippen LogP contribution in [-0.2, 0) is 9.53 Å². The lowest BCUT2D eigenvalue weighted by atomic mass is 10.1. The van der Waals surface area contributed by atoms with Gasteiger partial charge in [-0.3, -0.25) is 10.1 Å². The Bertz CT molecular complexity index is 316. The van der Waals surface area contributed by atoms with Crippen molar-refractivity contribution in [2.45, 2.75) is 65.1 Å². The summed E-state index contributed by atoms with van der Waals surface area (Å²) in [5.41, 5.74) is 0. The molecule has 2 unspecified atom stereocenters. The third kappa shape index (κ3) is 4.45. The molecular weight excluding hydrogens is 252 g/mol. The highest BCUT2D eigenvalue weighted by molar-refractivity contribution is 5.84. The quantitative estimate of drug-likeness (QED) is 0.660. The summed E-state index contributed by atoms with van der Waals surface area (Å²) in [6.07, 6.45) is 5.84. The van der Waals surface area contributed by atoms with E-state index in [2.05, 4.69) is 26.1 Å². The minimum atomic E-state index is 0.0205. The van der Waals surface area contributed by atoms with Crippen LogP contribution in [0.25, 0.3) is 0 Å². The van der Waals surface area contributed by atoms with Gasteiger partial charge < -0.3 is 9.64 Å². The number of nitrogens with zero attached hydrogens (tertiary/aromatic N) is 1. The standard InChI is InChI=1S/C16H30N2O2/c1-4-5-14-16(19)18(15(17-14)10-12(2)3)8-9-20-11-13-6-7-13/h12-15,17H,4-11H2,1-3H3. The van der Waals surface area contributed by atoms with Gasteiger partial charge in [0.1, 0.15) is 0 Å². The van der Waals surface area contributed by atoms with Gasteiger partial charge in [0.2, 0.25) is 5.91 Å². The largest absolute Gasteiger partial charge is 0.379 e. The van der Waals surface area contributed by atoms with Crippen molar-refractivity contribution in [3.05, 3.63) is 0 Å². The van der Waals surface area contributed by atoms with Gasteiger partial charge in [-0.25, -0.2) is 0 Å². The van der Waals surface area contributed by atoms with Gasteiger partial charge in [-0.1, -0.05) is 27.2 Å². The van der Waals surface area contributed by atoms with Crippen LogP contribution in [0.4, 0.5) is 0 Å². The lowest BCUT2D eigenvalue weighted by molar-refractivity contribution is -0.131. The average Bonchev–Trinajstić information content (AvgIpc) is 3.16. The van der Waals surface area contributed by atoms with Crippen molar-refractivity contribution >= 4 is 5.91 Å². The molecule has 2 aliphatic rings. The number of amides is 1. The SMILES string of the molecule is CCCC1NC(CC(C)C)N(CCOCC2CC2)C1=O. The maximum Gasteiger partial charge on any atom is 0.241 e. The molecule has 116 valence electrons. The zero-order valence-corrected chi connectivity index (χ0v) is 13.2. The highest BCUT2D eigenvalue weighted by atomic mass is 16.5. The Hall–Kier alpha value is -0.610. The summed E-state index contributed by atoms with van der Waals surface area (Å²) in [7, 11) is 0. The van der Waals surface area contributed by atoms with Crippen LogP contribution in [0.15, 0.2) is 0 Å². The number of carbonyl (C=O) groups excluding carboxylic acids is 1. The Morgan fingerprint density at radius 1 is 1.40 bits per heavy atom. The zero-order chi connectivity index (χ0) is 14.5. The summed E-state index contributed by atoms with van der Waals surface area (Å²) >= 11 is 0. The highest BCUT2D eigenvalue weighted by Gasteiger charge is 2.37. The third-order valence-corrected chi connectivity index (χ3v) is 4.15. The first-order valence-corrected chi connectivity index (χ1v) is 8.26. The van der Waals surface area contributed by atoms with E-state index >= 15 is 0 Å². The molecule has 1 saturated carbocycles. The number of hydrogen-bond acceptors (Lipinski definition) is 3. The number of nitrogens with one attached hydrogen (secondary N) is 1. The van der Waals surface area contributed by atoms with Crippen LogP contribution in [0.5, 0.6) is 0 Å². The van der Waals surface area contributed by atoms with Crippen LogP contribution in [-0.4, -0.2) is 42.8 Å². The minimum Gasteiger partial charge on any atom is -0.379 e. The summed E-state index contributed by atoms with van der Waals surface area (Å²) in [5, 5.41) is 3.51. The molecule has 0 bridgehead atoms. The van der Waals surface area contributed by atoms with Crippen molar-refractivity contribution in [2.75, 3.05) is 19.8 Å². The zero-order valence-electron chi connectivity index (χ0n) is 13.2. The van der Waals surface area contributed by atoms with Crippen molar-refractivity contribution in [3.8, 4) is 0 Å². The van der Waals surface area contributed by atoms with Crippen molar-refractivity contribution in [1.82, 2.24) is 10.2 Å². The highest BCUT2D eigenvalue weighted by Crippen LogP contribution is 2.28.